The Morgan fingerprint density at radius 2 is 1.81 bits per heavy atom. The highest BCUT2D eigenvalue weighted by molar-refractivity contribution is 9.10. The first-order chi connectivity index (χ1) is 10.1. The number of pyridine rings is 1. The number of nitrogens with two attached hydrogens (primary N) is 1. The third-order valence-electron chi connectivity index (χ3n) is 4.54. The molecule has 0 radical (unpaired) electrons. The number of hydrogen-bond donors (Lipinski definition) is 1. The van der Waals surface area contributed by atoms with Crippen LogP contribution in [0, 0.1) is 0 Å². The molecule has 0 amide bonds. The van der Waals surface area contributed by atoms with Crippen molar-refractivity contribution in [2.45, 2.75) is 44.6 Å². The molecule has 3 heteroatoms. The monoisotopic (exact) mass is 346 g/mol. The van der Waals surface area contributed by atoms with Gasteiger partial charge in [-0.05, 0) is 52.4 Å². The second kappa shape index (κ2) is 7.19. The molecule has 0 bridgehead atoms. The molecule has 2 nitrogen and oxygen atoms in total. The molecule has 1 aromatic carbocycles. The summed E-state index contributed by atoms with van der Waals surface area (Å²) >= 11 is 3.48. The topological polar surface area (TPSA) is 38.9 Å². The van der Waals surface area contributed by atoms with E-state index in [1.807, 2.05) is 6.20 Å². The molecule has 1 aromatic heterocycles. The maximum absolute atomic E-state index is 6.65. The highest BCUT2D eigenvalue weighted by Crippen LogP contribution is 2.35. The minimum atomic E-state index is 0.0174. The molecule has 0 aliphatic carbocycles. The first-order valence-corrected chi connectivity index (χ1v) is 8.32. The summed E-state index contributed by atoms with van der Waals surface area (Å²) in [5, 5.41) is 0. The predicted octanol–water partition coefficient (Wildman–Crippen LogP) is 4.47. The number of halogens is 1. The number of benzene rings is 1. The van der Waals surface area contributed by atoms with Crippen LogP contribution in [-0.4, -0.2) is 11.0 Å². The fourth-order valence-corrected chi connectivity index (χ4v) is 3.60. The van der Waals surface area contributed by atoms with Crippen molar-refractivity contribution < 1.29 is 0 Å². The van der Waals surface area contributed by atoms with Gasteiger partial charge in [0, 0.05) is 28.3 Å². The minimum absolute atomic E-state index is 0.0174. The van der Waals surface area contributed by atoms with Crippen molar-refractivity contribution in [3.8, 4) is 0 Å². The van der Waals surface area contributed by atoms with Crippen LogP contribution in [0.15, 0.2) is 53.3 Å². The second-order valence-electron chi connectivity index (χ2n) is 5.55. The summed E-state index contributed by atoms with van der Waals surface area (Å²) in [6.45, 7) is 4.46. The molecule has 0 aliphatic heterocycles. The largest absolute Gasteiger partial charge is 0.327 e. The molecule has 0 spiro atoms. The first-order valence-electron chi connectivity index (χ1n) is 7.53. The Hall–Kier alpha value is -1.19. The summed E-state index contributed by atoms with van der Waals surface area (Å²) < 4.78 is 1.01. The molecule has 2 N–H and O–H groups in total. The van der Waals surface area contributed by atoms with Gasteiger partial charge in [-0.2, -0.15) is 0 Å². The number of rotatable bonds is 6. The summed E-state index contributed by atoms with van der Waals surface area (Å²) in [5.41, 5.74) is 9.18. The number of hydrogen-bond acceptors (Lipinski definition) is 2. The van der Waals surface area contributed by atoms with Gasteiger partial charge >= 0.3 is 0 Å². The van der Waals surface area contributed by atoms with E-state index >= 15 is 0 Å². The van der Waals surface area contributed by atoms with Crippen molar-refractivity contribution in [3.63, 3.8) is 0 Å². The summed E-state index contributed by atoms with van der Waals surface area (Å²) in [5.74, 6) is 0. The summed E-state index contributed by atoms with van der Waals surface area (Å²) in [7, 11) is 0. The van der Waals surface area contributed by atoms with Gasteiger partial charge in [-0.15, -0.1) is 0 Å². The van der Waals surface area contributed by atoms with Gasteiger partial charge in [0.25, 0.3) is 0 Å². The average Bonchev–Trinajstić information content (AvgIpc) is 2.50. The van der Waals surface area contributed by atoms with Crippen molar-refractivity contribution in [2.75, 3.05) is 0 Å². The standard InChI is InChI=1S/C18H23BrN2/c1-3-18(4-2,15-8-6-5-7-9-15)17(20)11-14-10-16(19)13-21-12-14/h5-10,12-13,17H,3-4,11,20H2,1-2H3. The van der Waals surface area contributed by atoms with Crippen LogP contribution >= 0.6 is 15.9 Å². The second-order valence-corrected chi connectivity index (χ2v) is 6.47. The van der Waals surface area contributed by atoms with Gasteiger partial charge in [0.05, 0.1) is 0 Å². The van der Waals surface area contributed by atoms with Crippen LogP contribution in [0.5, 0.6) is 0 Å². The summed E-state index contributed by atoms with van der Waals surface area (Å²) in [4.78, 5) is 4.24. The van der Waals surface area contributed by atoms with Gasteiger partial charge < -0.3 is 5.73 Å². The zero-order chi connectivity index (χ0) is 15.3. The van der Waals surface area contributed by atoms with Crippen LogP contribution in [0.3, 0.4) is 0 Å². The van der Waals surface area contributed by atoms with E-state index in [9.17, 15) is 0 Å². The fraction of sp³-hybridized carbons (Fsp3) is 0.389. The quantitative estimate of drug-likeness (QED) is 0.837. The number of aromatic nitrogens is 1. The van der Waals surface area contributed by atoms with E-state index in [1.165, 1.54) is 11.1 Å². The normalized spacial score (nSPS) is 13.1. The van der Waals surface area contributed by atoms with E-state index in [4.69, 9.17) is 5.73 Å². The van der Waals surface area contributed by atoms with E-state index in [2.05, 4.69) is 71.2 Å². The van der Waals surface area contributed by atoms with Gasteiger partial charge in [-0.3, -0.25) is 4.98 Å². The molecule has 2 rings (SSSR count). The van der Waals surface area contributed by atoms with Gasteiger partial charge in [0.15, 0.2) is 0 Å². The van der Waals surface area contributed by atoms with Crippen molar-refractivity contribution in [1.29, 1.82) is 0 Å². The highest BCUT2D eigenvalue weighted by atomic mass is 79.9. The Bertz CT molecular complexity index is 564. The lowest BCUT2D eigenvalue weighted by Crippen LogP contribution is -2.46. The predicted molar refractivity (Wildman–Crippen MR) is 92.3 cm³/mol. The maximum atomic E-state index is 6.65. The Kier molecular flexibility index (Phi) is 5.54. The van der Waals surface area contributed by atoms with E-state index in [1.54, 1.807) is 6.20 Å². The Morgan fingerprint density at radius 1 is 1.14 bits per heavy atom. The lowest BCUT2D eigenvalue weighted by molar-refractivity contribution is 0.315. The average molecular weight is 347 g/mol. The van der Waals surface area contributed by atoms with Crippen LogP contribution in [0.4, 0.5) is 0 Å². The highest BCUT2D eigenvalue weighted by Gasteiger charge is 2.35. The molecule has 1 heterocycles. The van der Waals surface area contributed by atoms with E-state index in [-0.39, 0.29) is 11.5 Å². The molecular formula is C18H23BrN2. The van der Waals surface area contributed by atoms with E-state index in [0.29, 0.717) is 0 Å². The van der Waals surface area contributed by atoms with Crippen LogP contribution < -0.4 is 5.73 Å². The van der Waals surface area contributed by atoms with Gasteiger partial charge in [-0.25, -0.2) is 0 Å². The van der Waals surface area contributed by atoms with Gasteiger partial charge in [0.2, 0.25) is 0 Å². The zero-order valence-electron chi connectivity index (χ0n) is 12.7. The third-order valence-corrected chi connectivity index (χ3v) is 4.97. The molecule has 1 unspecified atom stereocenters. The van der Waals surface area contributed by atoms with Crippen molar-refractivity contribution >= 4 is 15.9 Å². The fourth-order valence-electron chi connectivity index (χ4n) is 3.18. The Labute approximate surface area is 135 Å². The Balaban J connectivity index is 2.29. The van der Waals surface area contributed by atoms with E-state index in [0.717, 1.165) is 23.7 Å². The van der Waals surface area contributed by atoms with Gasteiger partial charge in [-0.1, -0.05) is 44.2 Å². The van der Waals surface area contributed by atoms with Gasteiger partial charge in [0.1, 0.15) is 0 Å². The van der Waals surface area contributed by atoms with Crippen molar-refractivity contribution in [1.82, 2.24) is 4.98 Å². The summed E-state index contributed by atoms with van der Waals surface area (Å²) in [6, 6.07) is 12.8. The van der Waals surface area contributed by atoms with Crippen molar-refractivity contribution in [3.05, 3.63) is 64.4 Å². The molecule has 21 heavy (non-hydrogen) atoms. The molecule has 0 saturated carbocycles. The van der Waals surface area contributed by atoms with Crippen LogP contribution in [0.25, 0.3) is 0 Å². The lowest BCUT2D eigenvalue weighted by Gasteiger charge is -2.38. The SMILES string of the molecule is CCC(CC)(c1ccccc1)C(N)Cc1cncc(Br)c1. The Morgan fingerprint density at radius 3 is 2.38 bits per heavy atom. The molecule has 112 valence electrons. The van der Waals surface area contributed by atoms with Crippen molar-refractivity contribution in [2.24, 2.45) is 5.73 Å². The first kappa shape index (κ1) is 16.2. The minimum Gasteiger partial charge on any atom is -0.327 e. The zero-order valence-corrected chi connectivity index (χ0v) is 14.3. The molecule has 0 fully saturated rings. The van der Waals surface area contributed by atoms with Crippen LogP contribution in [0.2, 0.25) is 0 Å². The van der Waals surface area contributed by atoms with Crippen LogP contribution in [0.1, 0.15) is 37.8 Å². The molecular weight excluding hydrogens is 324 g/mol. The number of nitrogens with zero attached hydrogens (tertiary/aromatic N) is 1. The molecule has 0 saturated heterocycles. The third kappa shape index (κ3) is 3.53. The maximum Gasteiger partial charge on any atom is 0.0410 e. The summed E-state index contributed by atoms with van der Waals surface area (Å²) in [6.07, 6.45) is 6.63. The molecule has 2 aromatic rings. The lowest BCUT2D eigenvalue weighted by atomic mass is 9.69. The molecule has 1 atom stereocenters. The molecule has 0 aliphatic rings. The van der Waals surface area contributed by atoms with E-state index < -0.39 is 0 Å². The smallest absolute Gasteiger partial charge is 0.0410 e. The van der Waals surface area contributed by atoms with Crippen LogP contribution in [-0.2, 0) is 11.8 Å².